The fourth-order valence-electron chi connectivity index (χ4n) is 3.32. The second-order valence-corrected chi connectivity index (χ2v) is 7.98. The zero-order valence-corrected chi connectivity index (χ0v) is 17.9. The molecule has 32 heavy (non-hydrogen) atoms. The Balaban J connectivity index is 1.49. The minimum Gasteiger partial charge on any atom is -0.486 e. The first-order chi connectivity index (χ1) is 15.5. The van der Waals surface area contributed by atoms with E-state index in [2.05, 4.69) is 41.0 Å². The van der Waals surface area contributed by atoms with Crippen LogP contribution < -0.4 is 4.74 Å². The number of ether oxygens (including phenoxy) is 1. The Kier molecular flexibility index (Phi) is 6.50. The first-order valence-electron chi connectivity index (χ1n) is 9.88. The molecule has 0 saturated heterocycles. The summed E-state index contributed by atoms with van der Waals surface area (Å²) in [6.07, 6.45) is -2.70. The van der Waals surface area contributed by atoms with Crippen molar-refractivity contribution in [2.24, 2.45) is 0 Å². The molecule has 4 nitrogen and oxygen atoms in total. The molecule has 0 saturated carbocycles. The Hall–Kier alpha value is -3.26. The summed E-state index contributed by atoms with van der Waals surface area (Å²) < 4.78 is 46.2. The smallest absolute Gasteiger partial charge is 0.416 e. The van der Waals surface area contributed by atoms with Crippen molar-refractivity contribution in [1.82, 2.24) is 14.8 Å². The lowest BCUT2D eigenvalue weighted by Crippen LogP contribution is -2.08. The largest absolute Gasteiger partial charge is 0.486 e. The molecule has 0 aliphatic heterocycles. The zero-order valence-electron chi connectivity index (χ0n) is 17.0. The van der Waals surface area contributed by atoms with Gasteiger partial charge in [-0.1, -0.05) is 66.4 Å². The van der Waals surface area contributed by atoms with E-state index in [0.717, 1.165) is 12.1 Å². The van der Waals surface area contributed by atoms with Crippen LogP contribution in [0.15, 0.2) is 84.5 Å². The Morgan fingerprint density at radius 1 is 1.00 bits per heavy atom. The molecule has 1 aromatic heterocycles. The molecule has 3 aromatic carbocycles. The topological polar surface area (TPSA) is 39.9 Å². The van der Waals surface area contributed by atoms with Crippen molar-refractivity contribution < 1.29 is 17.9 Å². The highest BCUT2D eigenvalue weighted by atomic mass is 32.2. The van der Waals surface area contributed by atoms with E-state index in [1.165, 1.54) is 28.5 Å². The van der Waals surface area contributed by atoms with Crippen LogP contribution in [0.3, 0.4) is 0 Å². The third-order valence-corrected chi connectivity index (χ3v) is 5.89. The first kappa shape index (κ1) is 22.0. The standard InChI is InChI=1S/C24H20F3N3OS/c1-2-13-30-22(15-31-20-11-6-10-19(14-20)24(25,26)27)28-29-23(30)32-16-18-9-5-8-17-7-3-4-12-21(17)18/h2-12,14H,1,13,15-16H2. The van der Waals surface area contributed by atoms with Gasteiger partial charge in [-0.05, 0) is 34.5 Å². The number of hydrogen-bond donors (Lipinski definition) is 0. The minimum atomic E-state index is -4.42. The molecule has 1 heterocycles. The molecule has 0 N–H and O–H groups in total. The molecule has 4 aromatic rings. The third-order valence-electron chi connectivity index (χ3n) is 4.87. The number of alkyl halides is 3. The fraction of sp³-hybridized carbons (Fsp3) is 0.167. The van der Waals surface area contributed by atoms with Crippen LogP contribution in [0, 0.1) is 0 Å². The summed E-state index contributed by atoms with van der Waals surface area (Å²) in [6.45, 7) is 4.24. The van der Waals surface area contributed by atoms with Gasteiger partial charge in [0.1, 0.15) is 12.4 Å². The summed E-state index contributed by atoms with van der Waals surface area (Å²) in [7, 11) is 0. The quantitative estimate of drug-likeness (QED) is 0.224. The monoisotopic (exact) mass is 455 g/mol. The van der Waals surface area contributed by atoms with E-state index in [1.54, 1.807) is 17.8 Å². The highest BCUT2D eigenvalue weighted by molar-refractivity contribution is 7.98. The second kappa shape index (κ2) is 9.48. The average molecular weight is 456 g/mol. The van der Waals surface area contributed by atoms with Crippen molar-refractivity contribution in [1.29, 1.82) is 0 Å². The lowest BCUT2D eigenvalue weighted by Gasteiger charge is -2.11. The third kappa shape index (κ3) is 4.96. The summed E-state index contributed by atoms with van der Waals surface area (Å²) in [4.78, 5) is 0. The maximum absolute atomic E-state index is 12.9. The maximum Gasteiger partial charge on any atom is 0.416 e. The van der Waals surface area contributed by atoms with Gasteiger partial charge in [0.05, 0.1) is 5.56 Å². The van der Waals surface area contributed by atoms with Crippen molar-refractivity contribution in [3.05, 3.63) is 96.3 Å². The van der Waals surface area contributed by atoms with Gasteiger partial charge in [0.15, 0.2) is 11.0 Å². The van der Waals surface area contributed by atoms with E-state index in [-0.39, 0.29) is 12.4 Å². The predicted molar refractivity (Wildman–Crippen MR) is 120 cm³/mol. The highest BCUT2D eigenvalue weighted by Crippen LogP contribution is 2.32. The van der Waals surface area contributed by atoms with Gasteiger partial charge in [0, 0.05) is 12.3 Å². The minimum absolute atomic E-state index is 0.00300. The van der Waals surface area contributed by atoms with E-state index in [0.29, 0.717) is 23.3 Å². The molecule has 4 rings (SSSR count). The molecule has 164 valence electrons. The summed E-state index contributed by atoms with van der Waals surface area (Å²) >= 11 is 1.54. The number of aromatic nitrogens is 3. The maximum atomic E-state index is 12.9. The first-order valence-corrected chi connectivity index (χ1v) is 10.9. The number of rotatable bonds is 8. The number of thioether (sulfide) groups is 1. The van der Waals surface area contributed by atoms with Gasteiger partial charge in [0.25, 0.3) is 0 Å². The summed E-state index contributed by atoms with van der Waals surface area (Å²) in [5, 5.41) is 11.5. The molecule has 0 fully saturated rings. The Bertz CT molecular complexity index is 1230. The number of halogens is 3. The van der Waals surface area contributed by atoms with Crippen molar-refractivity contribution >= 4 is 22.5 Å². The van der Waals surface area contributed by atoms with Gasteiger partial charge in [-0.3, -0.25) is 4.57 Å². The highest BCUT2D eigenvalue weighted by Gasteiger charge is 2.30. The molecule has 8 heteroatoms. The summed E-state index contributed by atoms with van der Waals surface area (Å²) in [5.41, 5.74) is 0.428. The zero-order chi connectivity index (χ0) is 22.6. The van der Waals surface area contributed by atoms with Crippen LogP contribution in [0.5, 0.6) is 5.75 Å². The molecule has 0 amide bonds. The van der Waals surface area contributed by atoms with Crippen LogP contribution in [0.4, 0.5) is 13.2 Å². The van der Waals surface area contributed by atoms with E-state index in [4.69, 9.17) is 4.74 Å². The number of fused-ring (bicyclic) bond motifs is 1. The Morgan fingerprint density at radius 2 is 1.78 bits per heavy atom. The fourth-order valence-corrected chi connectivity index (χ4v) is 4.29. The van der Waals surface area contributed by atoms with Gasteiger partial charge in [-0.15, -0.1) is 16.8 Å². The van der Waals surface area contributed by atoms with Crippen LogP contribution in [0.25, 0.3) is 10.8 Å². The van der Waals surface area contributed by atoms with E-state index < -0.39 is 11.7 Å². The Labute approximate surface area is 187 Å². The average Bonchev–Trinajstić information content (AvgIpc) is 3.17. The number of benzene rings is 3. The van der Waals surface area contributed by atoms with Gasteiger partial charge >= 0.3 is 6.18 Å². The lowest BCUT2D eigenvalue weighted by atomic mass is 10.1. The van der Waals surface area contributed by atoms with E-state index >= 15 is 0 Å². The molecule has 0 bridgehead atoms. The van der Waals surface area contributed by atoms with Gasteiger partial charge in [-0.25, -0.2) is 0 Å². The van der Waals surface area contributed by atoms with Crippen LogP contribution >= 0.6 is 11.8 Å². The van der Waals surface area contributed by atoms with Crippen LogP contribution in [-0.4, -0.2) is 14.8 Å². The lowest BCUT2D eigenvalue weighted by molar-refractivity contribution is -0.137. The normalized spacial score (nSPS) is 11.6. The molecule has 0 aliphatic rings. The molecule has 0 aliphatic carbocycles. The second-order valence-electron chi connectivity index (χ2n) is 7.04. The number of allylic oxidation sites excluding steroid dienone is 1. The molecule has 0 atom stereocenters. The molecule has 0 unspecified atom stereocenters. The summed E-state index contributed by atoms with van der Waals surface area (Å²) in [5.74, 6) is 1.34. The molecule has 0 radical (unpaired) electrons. The van der Waals surface area contributed by atoms with Crippen LogP contribution in [0.2, 0.25) is 0 Å². The van der Waals surface area contributed by atoms with Crippen molar-refractivity contribution in [2.45, 2.75) is 30.2 Å². The molecule has 0 spiro atoms. The van der Waals surface area contributed by atoms with Gasteiger partial charge in [-0.2, -0.15) is 13.2 Å². The number of hydrogen-bond acceptors (Lipinski definition) is 4. The Morgan fingerprint density at radius 3 is 2.59 bits per heavy atom. The van der Waals surface area contributed by atoms with Gasteiger partial charge < -0.3 is 4.74 Å². The van der Waals surface area contributed by atoms with E-state index in [1.807, 2.05) is 22.8 Å². The predicted octanol–water partition coefficient (Wildman–Crippen LogP) is 6.51. The van der Waals surface area contributed by atoms with Crippen molar-refractivity contribution in [3.63, 3.8) is 0 Å². The van der Waals surface area contributed by atoms with Crippen LogP contribution in [-0.2, 0) is 25.1 Å². The van der Waals surface area contributed by atoms with Crippen LogP contribution in [0.1, 0.15) is 17.0 Å². The SMILES string of the molecule is C=CCn1c(COc2cccc(C(F)(F)F)c2)nnc1SCc1cccc2ccccc12. The van der Waals surface area contributed by atoms with Gasteiger partial charge in [0.2, 0.25) is 0 Å². The molecular formula is C24H20F3N3OS. The summed E-state index contributed by atoms with van der Waals surface area (Å²) in [6, 6.07) is 19.2. The number of nitrogens with zero attached hydrogens (tertiary/aromatic N) is 3. The van der Waals surface area contributed by atoms with Crippen molar-refractivity contribution in [2.75, 3.05) is 0 Å². The van der Waals surface area contributed by atoms with Crippen molar-refractivity contribution in [3.8, 4) is 5.75 Å². The van der Waals surface area contributed by atoms with E-state index in [9.17, 15) is 13.2 Å². The molecular weight excluding hydrogens is 435 g/mol.